The van der Waals surface area contributed by atoms with Crippen LogP contribution >= 0.6 is 0 Å². The van der Waals surface area contributed by atoms with E-state index in [4.69, 9.17) is 0 Å². The normalized spacial score (nSPS) is 41.5. The molecule has 4 nitrogen and oxygen atoms in total. The van der Waals surface area contributed by atoms with Gasteiger partial charge in [-0.3, -0.25) is 4.79 Å². The third-order valence-corrected chi connectivity index (χ3v) is 7.86. The van der Waals surface area contributed by atoms with Crippen molar-refractivity contribution in [2.75, 3.05) is 13.1 Å². The van der Waals surface area contributed by atoms with Gasteiger partial charge in [0.05, 0.1) is 24.3 Å². The van der Waals surface area contributed by atoms with E-state index in [-0.39, 0.29) is 29.0 Å². The largest absolute Gasteiger partial charge is 0.390 e. The Morgan fingerprint density at radius 1 is 1.11 bits per heavy atom. The van der Waals surface area contributed by atoms with Crippen LogP contribution in [0.4, 0.5) is 4.39 Å². The number of amides is 1. The predicted octanol–water partition coefficient (Wildman–Crippen LogP) is 2.62. The van der Waals surface area contributed by atoms with Crippen LogP contribution in [0.2, 0.25) is 0 Å². The molecule has 5 aliphatic rings. The van der Waals surface area contributed by atoms with Crippen LogP contribution in [0.5, 0.6) is 0 Å². The summed E-state index contributed by atoms with van der Waals surface area (Å²) in [6, 6.07) is 6.69. The second kappa shape index (κ2) is 5.54. The summed E-state index contributed by atoms with van der Waals surface area (Å²) in [6.45, 7) is 2.52. The number of hydrogen-bond donors (Lipinski definition) is 2. The highest BCUT2D eigenvalue weighted by Gasteiger charge is 2.63. The van der Waals surface area contributed by atoms with Crippen LogP contribution in [0.25, 0.3) is 0 Å². The summed E-state index contributed by atoms with van der Waals surface area (Å²) in [5.41, 5.74) is -0.640. The van der Waals surface area contributed by atoms with Gasteiger partial charge in [0, 0.05) is 11.8 Å². The maximum atomic E-state index is 13.6. The summed E-state index contributed by atoms with van der Waals surface area (Å²) < 4.78 is 13.6. The van der Waals surface area contributed by atoms with Crippen LogP contribution in [0.15, 0.2) is 24.3 Å². The number of hydrogen-bond acceptors (Lipinski definition) is 3. The minimum Gasteiger partial charge on any atom is -0.390 e. The Kier molecular flexibility index (Phi) is 3.62. The number of rotatable bonds is 3. The third-order valence-electron chi connectivity index (χ3n) is 7.86. The molecule has 1 saturated heterocycles. The topological polar surface area (TPSA) is 60.8 Å². The van der Waals surface area contributed by atoms with Gasteiger partial charge in [0.25, 0.3) is 0 Å². The van der Waals surface area contributed by atoms with E-state index in [1.807, 2.05) is 12.1 Å². The maximum absolute atomic E-state index is 13.6. The Balaban J connectivity index is 1.51. The van der Waals surface area contributed by atoms with Crippen LogP contribution in [-0.4, -0.2) is 45.3 Å². The first-order valence-electron chi connectivity index (χ1n) is 10.2. The minimum absolute atomic E-state index is 0.0744. The summed E-state index contributed by atoms with van der Waals surface area (Å²) in [5.74, 6) is 0.864. The average molecular weight is 373 g/mol. The highest BCUT2D eigenvalue weighted by Crippen LogP contribution is 2.65. The molecule has 4 saturated carbocycles. The molecule has 1 aromatic rings. The fraction of sp³-hybridized carbons (Fsp3) is 0.682. The fourth-order valence-electron chi connectivity index (χ4n) is 6.99. The molecule has 0 aromatic heterocycles. The van der Waals surface area contributed by atoms with Crippen molar-refractivity contribution in [2.45, 2.75) is 62.1 Å². The Morgan fingerprint density at radius 2 is 1.70 bits per heavy atom. The third kappa shape index (κ3) is 2.65. The number of carbonyl (C=O) groups is 1. The molecule has 0 radical (unpaired) electrons. The zero-order valence-corrected chi connectivity index (χ0v) is 15.8. The first-order valence-corrected chi connectivity index (χ1v) is 10.2. The molecule has 4 aliphatic carbocycles. The number of likely N-dealkylation sites (tertiary alicyclic amines) is 1. The molecule has 5 fully saturated rings. The van der Waals surface area contributed by atoms with E-state index in [1.165, 1.54) is 12.1 Å². The highest BCUT2D eigenvalue weighted by molar-refractivity contribution is 5.79. The zero-order chi connectivity index (χ0) is 19.0. The predicted molar refractivity (Wildman–Crippen MR) is 98.4 cm³/mol. The molecule has 5 heteroatoms. The smallest absolute Gasteiger partial charge is 0.223 e. The summed E-state index contributed by atoms with van der Waals surface area (Å²) in [5, 5.41) is 21.0. The van der Waals surface area contributed by atoms with Crippen molar-refractivity contribution < 1.29 is 19.4 Å². The minimum atomic E-state index is -0.780. The van der Waals surface area contributed by atoms with E-state index < -0.39 is 11.2 Å². The molecule has 1 heterocycles. The van der Waals surface area contributed by atoms with Crippen molar-refractivity contribution in [1.82, 2.24) is 4.90 Å². The Labute approximate surface area is 159 Å². The lowest BCUT2D eigenvalue weighted by atomic mass is 9.41. The van der Waals surface area contributed by atoms with Gasteiger partial charge in [0.2, 0.25) is 5.91 Å². The van der Waals surface area contributed by atoms with E-state index in [1.54, 1.807) is 11.8 Å². The van der Waals surface area contributed by atoms with Crippen molar-refractivity contribution in [3.05, 3.63) is 35.6 Å². The molecular weight excluding hydrogens is 345 g/mol. The number of nitrogens with zero attached hydrogens (tertiary/aromatic N) is 1. The molecule has 2 unspecified atom stereocenters. The quantitative estimate of drug-likeness (QED) is 0.856. The van der Waals surface area contributed by atoms with Crippen LogP contribution in [-0.2, 0) is 10.2 Å². The van der Waals surface area contributed by atoms with Gasteiger partial charge in [0.1, 0.15) is 5.82 Å². The van der Waals surface area contributed by atoms with Crippen LogP contribution in [0, 0.1) is 23.6 Å². The van der Waals surface area contributed by atoms with Gasteiger partial charge in [-0.05, 0) is 74.5 Å². The molecule has 1 aliphatic heterocycles. The first-order chi connectivity index (χ1) is 12.7. The van der Waals surface area contributed by atoms with Crippen molar-refractivity contribution in [1.29, 1.82) is 0 Å². The van der Waals surface area contributed by atoms with E-state index in [0.29, 0.717) is 25.4 Å². The van der Waals surface area contributed by atoms with E-state index in [2.05, 4.69) is 0 Å². The van der Waals surface area contributed by atoms with Gasteiger partial charge in [-0.15, -0.1) is 0 Å². The lowest BCUT2D eigenvalue weighted by molar-refractivity contribution is -0.177. The van der Waals surface area contributed by atoms with E-state index in [0.717, 1.165) is 37.7 Å². The van der Waals surface area contributed by atoms with Gasteiger partial charge in [0.15, 0.2) is 0 Å². The molecule has 1 aromatic carbocycles. The van der Waals surface area contributed by atoms with Crippen LogP contribution < -0.4 is 0 Å². The fourth-order valence-corrected chi connectivity index (χ4v) is 6.99. The van der Waals surface area contributed by atoms with Gasteiger partial charge in [-0.2, -0.15) is 0 Å². The van der Waals surface area contributed by atoms with Gasteiger partial charge < -0.3 is 15.1 Å². The second-order valence-corrected chi connectivity index (χ2v) is 10.0. The van der Waals surface area contributed by atoms with E-state index >= 15 is 0 Å². The molecule has 146 valence electrons. The standard InChI is InChI=1S/C22H28FNO3/c1-20(26)12-24(13-20)19(25)11-22(15-2-4-18(23)5-3-15)16-6-14-7-17(22)10-21(27,8-14)9-16/h2-5,14,16-17,26-27H,6-13H2,1H3/t14-,16?,17?,21?,22+. The summed E-state index contributed by atoms with van der Waals surface area (Å²) in [6.07, 6.45) is 4.85. The molecule has 4 bridgehead atoms. The number of halogens is 1. The second-order valence-electron chi connectivity index (χ2n) is 10.0. The lowest BCUT2D eigenvalue weighted by Crippen LogP contribution is -2.65. The Hall–Kier alpha value is -1.46. The summed E-state index contributed by atoms with van der Waals surface area (Å²) in [4.78, 5) is 14.8. The number of β-amino-alcohol motifs (C(OH)–C–C–N with tert-alkyl or cyclic N) is 1. The van der Waals surface area contributed by atoms with Gasteiger partial charge in [-0.1, -0.05) is 12.1 Å². The van der Waals surface area contributed by atoms with E-state index in [9.17, 15) is 19.4 Å². The molecule has 2 atom stereocenters. The summed E-state index contributed by atoms with van der Waals surface area (Å²) in [7, 11) is 0. The van der Waals surface area contributed by atoms with Crippen molar-refractivity contribution >= 4 is 5.91 Å². The highest BCUT2D eigenvalue weighted by atomic mass is 19.1. The van der Waals surface area contributed by atoms with Gasteiger partial charge >= 0.3 is 0 Å². The number of carbonyl (C=O) groups excluding carboxylic acids is 1. The summed E-state index contributed by atoms with van der Waals surface area (Å²) >= 11 is 0. The number of benzene rings is 1. The van der Waals surface area contributed by atoms with Crippen LogP contribution in [0.3, 0.4) is 0 Å². The zero-order valence-electron chi connectivity index (χ0n) is 15.8. The van der Waals surface area contributed by atoms with Crippen molar-refractivity contribution in [2.24, 2.45) is 17.8 Å². The Bertz CT molecular complexity index is 750. The van der Waals surface area contributed by atoms with Gasteiger partial charge in [-0.25, -0.2) is 4.39 Å². The Morgan fingerprint density at radius 3 is 2.22 bits per heavy atom. The molecule has 2 N–H and O–H groups in total. The lowest BCUT2D eigenvalue weighted by Gasteiger charge is -2.64. The molecule has 27 heavy (non-hydrogen) atoms. The average Bonchev–Trinajstić information content (AvgIpc) is 2.55. The van der Waals surface area contributed by atoms with Crippen LogP contribution in [0.1, 0.15) is 51.0 Å². The molecule has 6 rings (SSSR count). The SMILES string of the molecule is CC1(O)CN(C(=O)C[C@]2(c3ccc(F)cc3)C3CC4(O)CC2C[C@@H](C3)C4)C1. The first kappa shape index (κ1) is 17.6. The molecule has 0 spiro atoms. The van der Waals surface area contributed by atoms with Crippen molar-refractivity contribution in [3.63, 3.8) is 0 Å². The molecule has 1 amide bonds. The monoisotopic (exact) mass is 373 g/mol. The maximum Gasteiger partial charge on any atom is 0.223 e. The number of aliphatic hydroxyl groups is 2. The molecular formula is C22H28FNO3. The van der Waals surface area contributed by atoms with Crippen molar-refractivity contribution in [3.8, 4) is 0 Å².